The number of hydrogen-bond donors (Lipinski definition) is 2. The number of rotatable bonds is 0. The normalized spacial score (nSPS) is 16.9. The Morgan fingerprint density at radius 3 is 2.80 bits per heavy atom. The van der Waals surface area contributed by atoms with E-state index in [0.29, 0.717) is 5.96 Å². The van der Waals surface area contributed by atoms with Crippen molar-refractivity contribution < 1.29 is 0 Å². The average molecular weight is 141 g/mol. The second kappa shape index (κ2) is 2.55. The molecule has 0 aromatic carbocycles. The Hall–Kier alpha value is -1.26. The lowest BCUT2D eigenvalue weighted by Crippen LogP contribution is -2.28. The molecule has 0 amide bonds. The first kappa shape index (κ1) is 6.85. The first-order chi connectivity index (χ1) is 4.70. The first-order valence-electron chi connectivity index (χ1n) is 3.05. The molecule has 1 aliphatic rings. The minimum Gasteiger partial charge on any atom is -0.370 e. The Bertz CT molecular complexity index is 178. The lowest BCUT2D eigenvalue weighted by molar-refractivity contribution is 0.551. The quantitative estimate of drug-likeness (QED) is 0.320. The van der Waals surface area contributed by atoms with Gasteiger partial charge in [0.15, 0.2) is 5.96 Å². The largest absolute Gasteiger partial charge is 0.370 e. The summed E-state index contributed by atoms with van der Waals surface area (Å²) < 4.78 is 0. The van der Waals surface area contributed by atoms with Gasteiger partial charge >= 0.3 is 0 Å². The number of guanidine groups is 2. The predicted octanol–water partition coefficient (Wildman–Crippen LogP) is -1.44. The van der Waals surface area contributed by atoms with Crippen LogP contribution < -0.4 is 11.5 Å². The molecule has 5 nitrogen and oxygen atoms in total. The summed E-state index contributed by atoms with van der Waals surface area (Å²) in [5, 5.41) is 0. The van der Waals surface area contributed by atoms with Gasteiger partial charge in [-0.05, 0) is 0 Å². The number of aliphatic imine (C=N–C) groups is 2. The highest BCUT2D eigenvalue weighted by Gasteiger charge is 2.10. The van der Waals surface area contributed by atoms with E-state index in [1.807, 2.05) is 11.9 Å². The van der Waals surface area contributed by atoms with Gasteiger partial charge in [-0.3, -0.25) is 0 Å². The molecule has 0 radical (unpaired) electrons. The van der Waals surface area contributed by atoms with E-state index in [4.69, 9.17) is 11.5 Å². The van der Waals surface area contributed by atoms with Gasteiger partial charge in [-0.15, -0.1) is 0 Å². The van der Waals surface area contributed by atoms with Crippen molar-refractivity contribution in [2.45, 2.75) is 0 Å². The van der Waals surface area contributed by atoms with Gasteiger partial charge in [0.25, 0.3) is 0 Å². The Morgan fingerprint density at radius 1 is 1.70 bits per heavy atom. The van der Waals surface area contributed by atoms with Crippen molar-refractivity contribution in [1.29, 1.82) is 0 Å². The molecule has 0 bridgehead atoms. The van der Waals surface area contributed by atoms with E-state index in [9.17, 15) is 0 Å². The lowest BCUT2D eigenvalue weighted by atomic mass is 10.6. The van der Waals surface area contributed by atoms with E-state index in [2.05, 4.69) is 9.98 Å². The molecule has 4 N–H and O–H groups in total. The summed E-state index contributed by atoms with van der Waals surface area (Å²) in [5.41, 5.74) is 10.3. The monoisotopic (exact) mass is 141 g/mol. The average Bonchev–Trinajstić information content (AvgIpc) is 2.15. The lowest BCUT2D eigenvalue weighted by Gasteiger charge is -2.08. The third kappa shape index (κ3) is 1.37. The van der Waals surface area contributed by atoms with Gasteiger partial charge in [-0.25, -0.2) is 4.99 Å². The van der Waals surface area contributed by atoms with Crippen LogP contribution in [0.15, 0.2) is 9.98 Å². The second-order valence-corrected chi connectivity index (χ2v) is 2.14. The highest BCUT2D eigenvalue weighted by molar-refractivity contribution is 5.93. The fourth-order valence-electron chi connectivity index (χ4n) is 0.757. The Balaban J connectivity index is 2.64. The molecule has 0 saturated heterocycles. The van der Waals surface area contributed by atoms with Crippen LogP contribution in [-0.4, -0.2) is 37.0 Å². The molecular weight excluding hydrogens is 130 g/mol. The minimum atomic E-state index is 0.0625. The van der Waals surface area contributed by atoms with Gasteiger partial charge in [0.1, 0.15) is 0 Å². The van der Waals surface area contributed by atoms with Crippen molar-refractivity contribution >= 4 is 11.9 Å². The molecule has 0 spiro atoms. The van der Waals surface area contributed by atoms with Crippen molar-refractivity contribution in [3.63, 3.8) is 0 Å². The van der Waals surface area contributed by atoms with Crippen molar-refractivity contribution in [2.24, 2.45) is 21.5 Å². The third-order valence-corrected chi connectivity index (χ3v) is 1.26. The predicted molar refractivity (Wildman–Crippen MR) is 40.7 cm³/mol. The zero-order valence-electron chi connectivity index (χ0n) is 5.91. The summed E-state index contributed by atoms with van der Waals surface area (Å²) in [5.74, 6) is 0.688. The van der Waals surface area contributed by atoms with Crippen LogP contribution in [0.25, 0.3) is 0 Å². The van der Waals surface area contributed by atoms with Gasteiger partial charge in [0, 0.05) is 13.6 Å². The molecule has 5 heteroatoms. The SMILES string of the molecule is CN1CCN=C1N=C(N)N. The fourth-order valence-corrected chi connectivity index (χ4v) is 0.757. The van der Waals surface area contributed by atoms with Gasteiger partial charge in [-0.2, -0.15) is 4.99 Å². The van der Waals surface area contributed by atoms with Crippen LogP contribution in [0.5, 0.6) is 0 Å². The number of nitrogens with two attached hydrogens (primary N) is 2. The van der Waals surface area contributed by atoms with Crippen LogP contribution in [0.2, 0.25) is 0 Å². The van der Waals surface area contributed by atoms with Crippen LogP contribution in [0.4, 0.5) is 0 Å². The summed E-state index contributed by atoms with van der Waals surface area (Å²) in [6, 6.07) is 0. The molecule has 0 unspecified atom stereocenters. The summed E-state index contributed by atoms with van der Waals surface area (Å²) in [6.07, 6.45) is 0. The van der Waals surface area contributed by atoms with Crippen molar-refractivity contribution in [3.8, 4) is 0 Å². The molecule has 10 heavy (non-hydrogen) atoms. The van der Waals surface area contributed by atoms with E-state index in [0.717, 1.165) is 13.1 Å². The van der Waals surface area contributed by atoms with Crippen molar-refractivity contribution in [1.82, 2.24) is 4.90 Å². The smallest absolute Gasteiger partial charge is 0.223 e. The molecular formula is C5H11N5. The third-order valence-electron chi connectivity index (χ3n) is 1.26. The summed E-state index contributed by atoms with van der Waals surface area (Å²) >= 11 is 0. The maximum absolute atomic E-state index is 5.15. The second-order valence-electron chi connectivity index (χ2n) is 2.14. The van der Waals surface area contributed by atoms with Crippen LogP contribution >= 0.6 is 0 Å². The van der Waals surface area contributed by atoms with E-state index in [1.165, 1.54) is 0 Å². The van der Waals surface area contributed by atoms with Crippen molar-refractivity contribution in [3.05, 3.63) is 0 Å². The van der Waals surface area contributed by atoms with Gasteiger partial charge < -0.3 is 16.4 Å². The summed E-state index contributed by atoms with van der Waals surface area (Å²) in [6.45, 7) is 1.68. The fraction of sp³-hybridized carbons (Fsp3) is 0.600. The maximum atomic E-state index is 5.15. The van der Waals surface area contributed by atoms with Crippen molar-refractivity contribution in [2.75, 3.05) is 20.1 Å². The van der Waals surface area contributed by atoms with Gasteiger partial charge in [-0.1, -0.05) is 0 Å². The molecule has 1 heterocycles. The molecule has 0 aromatic heterocycles. The number of hydrogen-bond acceptors (Lipinski definition) is 3. The summed E-state index contributed by atoms with van der Waals surface area (Å²) in [4.78, 5) is 9.76. The molecule has 0 aromatic rings. The Kier molecular flexibility index (Phi) is 1.75. The Morgan fingerprint density at radius 2 is 2.40 bits per heavy atom. The first-order valence-corrected chi connectivity index (χ1v) is 3.05. The zero-order chi connectivity index (χ0) is 7.56. The van der Waals surface area contributed by atoms with Crippen LogP contribution in [0, 0.1) is 0 Å². The van der Waals surface area contributed by atoms with E-state index >= 15 is 0 Å². The van der Waals surface area contributed by atoms with Crippen LogP contribution in [0.1, 0.15) is 0 Å². The highest BCUT2D eigenvalue weighted by Crippen LogP contribution is 1.97. The van der Waals surface area contributed by atoms with E-state index in [-0.39, 0.29) is 5.96 Å². The molecule has 0 aliphatic carbocycles. The highest BCUT2D eigenvalue weighted by atomic mass is 15.3. The molecule has 56 valence electrons. The standard InChI is InChI=1S/C5H11N5/c1-10-3-2-8-5(10)9-4(6)7/h2-3H2,1H3,(H4,6,7,8,9). The molecule has 0 atom stereocenters. The molecule has 1 rings (SSSR count). The van der Waals surface area contributed by atoms with E-state index in [1.54, 1.807) is 0 Å². The number of nitrogens with zero attached hydrogens (tertiary/aromatic N) is 3. The summed E-state index contributed by atoms with van der Waals surface area (Å²) in [7, 11) is 1.90. The zero-order valence-corrected chi connectivity index (χ0v) is 5.91. The Labute approximate surface area is 59.4 Å². The molecule has 0 saturated carbocycles. The molecule has 1 aliphatic heterocycles. The topological polar surface area (TPSA) is 80.0 Å². The number of likely N-dealkylation sites (N-methyl/N-ethyl adjacent to an activating group) is 1. The van der Waals surface area contributed by atoms with Crippen LogP contribution in [0.3, 0.4) is 0 Å². The minimum absolute atomic E-state index is 0.0625. The maximum Gasteiger partial charge on any atom is 0.223 e. The van der Waals surface area contributed by atoms with E-state index < -0.39 is 0 Å². The molecule has 0 fully saturated rings. The van der Waals surface area contributed by atoms with Gasteiger partial charge in [0.2, 0.25) is 5.96 Å². The van der Waals surface area contributed by atoms with Crippen LogP contribution in [-0.2, 0) is 0 Å². The van der Waals surface area contributed by atoms with Gasteiger partial charge in [0.05, 0.1) is 6.54 Å².